The average Bonchev–Trinajstić information content (AvgIpc) is 3.06. The summed E-state index contributed by atoms with van der Waals surface area (Å²) in [5, 5.41) is 11.6. The van der Waals surface area contributed by atoms with Crippen LogP contribution in [0.2, 0.25) is 0 Å². The number of hydrogen-bond donors (Lipinski definition) is 2. The molecule has 0 bridgehead atoms. The van der Waals surface area contributed by atoms with Crippen LogP contribution in [0.15, 0.2) is 6.07 Å². The highest BCUT2D eigenvalue weighted by atomic mass is 16.6. The Hall–Kier alpha value is -2.04. The summed E-state index contributed by atoms with van der Waals surface area (Å²) >= 11 is 0. The van der Waals surface area contributed by atoms with Gasteiger partial charge in [0.15, 0.2) is 6.10 Å². The molecule has 0 saturated carbocycles. The Balaban J connectivity index is 1.85. The molecule has 2 aliphatic carbocycles. The van der Waals surface area contributed by atoms with Crippen LogP contribution in [0.25, 0.3) is 0 Å². The number of benzene rings is 1. The molecule has 112 valence electrons. The van der Waals surface area contributed by atoms with Crippen LogP contribution < -0.4 is 5.32 Å². The van der Waals surface area contributed by atoms with E-state index >= 15 is 0 Å². The monoisotopic (exact) mass is 289 g/mol. The first-order valence-corrected chi connectivity index (χ1v) is 7.43. The maximum Gasteiger partial charge on any atom is 0.412 e. The standard InChI is InChI=1S/C16H19NO4/c1-9(15(18)19)21-16(20)17-14-12-6-2-4-10(12)8-11-5-3-7-13(11)14/h8-9H,2-7H2,1H3,(H,17,20)(H,18,19). The molecule has 0 radical (unpaired) electrons. The Morgan fingerprint density at radius 3 is 2.24 bits per heavy atom. The molecule has 0 aromatic heterocycles. The average molecular weight is 289 g/mol. The van der Waals surface area contributed by atoms with Gasteiger partial charge >= 0.3 is 12.1 Å². The van der Waals surface area contributed by atoms with Crippen molar-refractivity contribution in [3.63, 3.8) is 0 Å². The topological polar surface area (TPSA) is 75.6 Å². The molecule has 2 aliphatic rings. The highest BCUT2D eigenvalue weighted by Crippen LogP contribution is 2.38. The number of aryl methyl sites for hydroxylation is 2. The smallest absolute Gasteiger partial charge is 0.412 e. The minimum absolute atomic E-state index is 0.681. The SMILES string of the molecule is CC(OC(=O)Nc1c2c(cc3c1CCC3)CCC2)C(=O)O. The minimum atomic E-state index is -1.14. The number of aliphatic carboxylic acids is 1. The summed E-state index contributed by atoms with van der Waals surface area (Å²) in [6, 6.07) is 2.28. The molecule has 2 N–H and O–H groups in total. The van der Waals surface area contributed by atoms with E-state index in [9.17, 15) is 9.59 Å². The van der Waals surface area contributed by atoms with E-state index in [1.807, 2.05) is 0 Å². The van der Waals surface area contributed by atoms with Crippen LogP contribution in [0.5, 0.6) is 0 Å². The molecule has 0 saturated heterocycles. The molecule has 0 spiro atoms. The molecular weight excluding hydrogens is 270 g/mol. The molecule has 1 unspecified atom stereocenters. The molecule has 0 heterocycles. The first kappa shape index (κ1) is 13.9. The zero-order valence-corrected chi connectivity index (χ0v) is 12.1. The fraction of sp³-hybridized carbons (Fsp3) is 0.500. The van der Waals surface area contributed by atoms with Gasteiger partial charge in [-0.1, -0.05) is 6.07 Å². The van der Waals surface area contributed by atoms with Crippen molar-refractivity contribution in [3.05, 3.63) is 28.3 Å². The normalized spacial score (nSPS) is 17.0. The summed E-state index contributed by atoms with van der Waals surface area (Å²) in [6.45, 7) is 1.35. The van der Waals surface area contributed by atoms with Crippen LogP contribution in [-0.4, -0.2) is 23.3 Å². The number of amides is 1. The molecular formula is C16H19NO4. The number of carboxylic acid groups (broad SMARTS) is 1. The van der Waals surface area contributed by atoms with Crippen molar-refractivity contribution >= 4 is 17.7 Å². The lowest BCUT2D eigenvalue weighted by atomic mass is 9.99. The summed E-state index contributed by atoms with van der Waals surface area (Å²) in [5.74, 6) is -1.14. The van der Waals surface area contributed by atoms with E-state index in [1.54, 1.807) is 0 Å². The number of hydrogen-bond acceptors (Lipinski definition) is 3. The third-order valence-corrected chi connectivity index (χ3v) is 4.33. The van der Waals surface area contributed by atoms with Crippen molar-refractivity contribution in [1.82, 2.24) is 0 Å². The second-order valence-corrected chi connectivity index (χ2v) is 5.74. The Kier molecular flexibility index (Phi) is 3.57. The van der Waals surface area contributed by atoms with Crippen LogP contribution in [0, 0.1) is 0 Å². The summed E-state index contributed by atoms with van der Waals surface area (Å²) in [7, 11) is 0. The second-order valence-electron chi connectivity index (χ2n) is 5.74. The van der Waals surface area contributed by atoms with E-state index in [4.69, 9.17) is 9.84 Å². The lowest BCUT2D eigenvalue weighted by Gasteiger charge is -2.17. The summed E-state index contributed by atoms with van der Waals surface area (Å²) in [5.41, 5.74) is 5.92. The fourth-order valence-corrected chi connectivity index (χ4v) is 3.31. The molecule has 1 aromatic rings. The number of anilines is 1. The highest BCUT2D eigenvalue weighted by molar-refractivity contribution is 5.89. The molecule has 0 fully saturated rings. The first-order valence-electron chi connectivity index (χ1n) is 7.43. The van der Waals surface area contributed by atoms with Crippen LogP contribution in [0.3, 0.4) is 0 Å². The zero-order valence-electron chi connectivity index (χ0n) is 12.1. The van der Waals surface area contributed by atoms with Gasteiger partial charge in [-0.05, 0) is 67.7 Å². The van der Waals surface area contributed by atoms with E-state index in [2.05, 4.69) is 11.4 Å². The predicted octanol–water partition coefficient (Wildman–Crippen LogP) is 2.69. The fourth-order valence-electron chi connectivity index (χ4n) is 3.31. The van der Waals surface area contributed by atoms with Crippen molar-refractivity contribution < 1.29 is 19.4 Å². The molecule has 1 atom stereocenters. The van der Waals surface area contributed by atoms with Gasteiger partial charge in [0.25, 0.3) is 0 Å². The Morgan fingerprint density at radius 1 is 1.14 bits per heavy atom. The van der Waals surface area contributed by atoms with Gasteiger partial charge < -0.3 is 9.84 Å². The quantitative estimate of drug-likeness (QED) is 0.897. The van der Waals surface area contributed by atoms with Gasteiger partial charge in [0.2, 0.25) is 0 Å². The van der Waals surface area contributed by atoms with Gasteiger partial charge in [-0.15, -0.1) is 0 Å². The van der Waals surface area contributed by atoms with Gasteiger partial charge in [0, 0.05) is 0 Å². The van der Waals surface area contributed by atoms with E-state index in [0.29, 0.717) is 0 Å². The molecule has 0 aliphatic heterocycles. The zero-order chi connectivity index (χ0) is 15.0. The minimum Gasteiger partial charge on any atom is -0.479 e. The van der Waals surface area contributed by atoms with Crippen molar-refractivity contribution in [2.24, 2.45) is 0 Å². The Labute approximate surface area is 123 Å². The Morgan fingerprint density at radius 2 is 1.71 bits per heavy atom. The largest absolute Gasteiger partial charge is 0.479 e. The molecule has 5 nitrogen and oxygen atoms in total. The van der Waals surface area contributed by atoms with Crippen molar-refractivity contribution in [1.29, 1.82) is 0 Å². The number of carbonyl (C=O) groups is 2. The third kappa shape index (κ3) is 2.60. The maximum absolute atomic E-state index is 11.9. The van der Waals surface area contributed by atoms with E-state index in [-0.39, 0.29) is 0 Å². The molecule has 21 heavy (non-hydrogen) atoms. The number of rotatable bonds is 3. The lowest BCUT2D eigenvalue weighted by molar-refractivity contribution is -0.145. The van der Waals surface area contributed by atoms with Crippen LogP contribution in [0.1, 0.15) is 42.0 Å². The van der Waals surface area contributed by atoms with E-state index < -0.39 is 18.2 Å². The number of carbonyl (C=O) groups excluding carboxylic acids is 1. The van der Waals surface area contributed by atoms with Crippen LogP contribution >= 0.6 is 0 Å². The molecule has 5 heteroatoms. The second kappa shape index (κ2) is 5.39. The number of ether oxygens (including phenoxy) is 1. The van der Waals surface area contributed by atoms with Crippen molar-refractivity contribution in [2.75, 3.05) is 5.32 Å². The Bertz CT molecular complexity index is 577. The molecule has 3 rings (SSSR count). The predicted molar refractivity (Wildman–Crippen MR) is 77.7 cm³/mol. The number of nitrogens with one attached hydrogen (secondary N) is 1. The molecule has 1 amide bonds. The summed E-state index contributed by atoms with van der Waals surface area (Å²) in [6.07, 6.45) is 4.42. The van der Waals surface area contributed by atoms with Gasteiger partial charge in [0.1, 0.15) is 0 Å². The summed E-state index contributed by atoms with van der Waals surface area (Å²) < 4.78 is 4.89. The van der Waals surface area contributed by atoms with Crippen LogP contribution in [0.4, 0.5) is 10.5 Å². The van der Waals surface area contributed by atoms with Gasteiger partial charge in [-0.3, -0.25) is 5.32 Å². The molecule has 1 aromatic carbocycles. The number of fused-ring (bicyclic) bond motifs is 2. The van der Waals surface area contributed by atoms with Gasteiger partial charge in [0.05, 0.1) is 5.69 Å². The number of carboxylic acids is 1. The van der Waals surface area contributed by atoms with Crippen molar-refractivity contribution in [2.45, 2.75) is 51.6 Å². The van der Waals surface area contributed by atoms with Gasteiger partial charge in [-0.2, -0.15) is 0 Å². The first-order chi connectivity index (χ1) is 10.1. The summed E-state index contributed by atoms with van der Waals surface area (Å²) in [4.78, 5) is 22.7. The van der Waals surface area contributed by atoms with Gasteiger partial charge in [-0.25, -0.2) is 9.59 Å². The third-order valence-electron chi connectivity index (χ3n) is 4.33. The van der Waals surface area contributed by atoms with E-state index in [0.717, 1.165) is 44.2 Å². The lowest BCUT2D eigenvalue weighted by Crippen LogP contribution is -2.27. The van der Waals surface area contributed by atoms with Crippen LogP contribution in [-0.2, 0) is 35.2 Å². The van der Waals surface area contributed by atoms with E-state index in [1.165, 1.54) is 29.2 Å². The van der Waals surface area contributed by atoms with Crippen molar-refractivity contribution in [3.8, 4) is 0 Å². The maximum atomic E-state index is 11.9. The highest BCUT2D eigenvalue weighted by Gasteiger charge is 2.26.